The van der Waals surface area contributed by atoms with E-state index in [1.807, 2.05) is 23.1 Å². The third-order valence-electron chi connectivity index (χ3n) is 5.68. The molecule has 0 bridgehead atoms. The SMILES string of the molecule is Cc1c(NC(=O)c2cc([N+](=O)[O-])ccc2N2CCCC2)c(=O)n(-c2ccccc2)n1C. The van der Waals surface area contributed by atoms with Crippen molar-refractivity contribution in [2.75, 3.05) is 23.3 Å². The molecule has 0 unspecified atom stereocenters. The topological polar surface area (TPSA) is 102 Å². The molecule has 4 rings (SSSR count). The van der Waals surface area contributed by atoms with Crippen molar-refractivity contribution in [1.82, 2.24) is 9.36 Å². The number of amides is 1. The molecule has 9 nitrogen and oxygen atoms in total. The molecule has 1 amide bonds. The lowest BCUT2D eigenvalue weighted by molar-refractivity contribution is -0.384. The van der Waals surface area contributed by atoms with Crippen molar-refractivity contribution in [2.45, 2.75) is 19.8 Å². The second-order valence-corrected chi connectivity index (χ2v) is 7.54. The highest BCUT2D eigenvalue weighted by molar-refractivity contribution is 6.08. The summed E-state index contributed by atoms with van der Waals surface area (Å²) in [5.41, 5.74) is 1.69. The molecule has 1 saturated heterocycles. The molecule has 0 saturated carbocycles. The number of carbonyl (C=O) groups is 1. The Morgan fingerprint density at radius 1 is 1.10 bits per heavy atom. The first-order valence-corrected chi connectivity index (χ1v) is 10.1. The van der Waals surface area contributed by atoms with Gasteiger partial charge in [0.15, 0.2) is 0 Å². The molecule has 1 fully saturated rings. The standard InChI is InChI=1S/C22H23N5O4/c1-15-20(22(29)26(24(15)2)16-8-4-3-5-9-16)23-21(28)18-14-17(27(30)31)10-11-19(18)25-12-6-7-13-25/h3-5,8-11,14H,6-7,12-13H2,1-2H3,(H,23,28). The Hall–Kier alpha value is -3.88. The maximum atomic E-state index is 13.2. The Morgan fingerprint density at radius 2 is 1.77 bits per heavy atom. The van der Waals surface area contributed by atoms with E-state index in [9.17, 15) is 19.7 Å². The zero-order chi connectivity index (χ0) is 22.1. The molecule has 2 heterocycles. The van der Waals surface area contributed by atoms with Crippen molar-refractivity contribution in [1.29, 1.82) is 0 Å². The molecule has 9 heteroatoms. The van der Waals surface area contributed by atoms with Gasteiger partial charge in [-0.15, -0.1) is 0 Å². The van der Waals surface area contributed by atoms with Crippen molar-refractivity contribution in [2.24, 2.45) is 7.05 Å². The monoisotopic (exact) mass is 421 g/mol. The first-order chi connectivity index (χ1) is 14.9. The molecular formula is C22H23N5O4. The maximum absolute atomic E-state index is 13.2. The lowest BCUT2D eigenvalue weighted by atomic mass is 10.1. The normalized spacial score (nSPS) is 13.4. The zero-order valence-corrected chi connectivity index (χ0v) is 17.4. The summed E-state index contributed by atoms with van der Waals surface area (Å²) in [4.78, 5) is 39.1. The van der Waals surface area contributed by atoms with Gasteiger partial charge in [0.1, 0.15) is 5.69 Å². The molecule has 1 aliphatic rings. The van der Waals surface area contributed by atoms with Crippen LogP contribution in [-0.4, -0.2) is 33.3 Å². The van der Waals surface area contributed by atoms with Crippen LogP contribution >= 0.6 is 0 Å². The molecule has 1 aromatic heterocycles. The van der Waals surface area contributed by atoms with Crippen LogP contribution in [0.4, 0.5) is 17.1 Å². The molecular weight excluding hydrogens is 398 g/mol. The number of para-hydroxylation sites is 1. The average Bonchev–Trinajstić information content (AvgIpc) is 3.37. The smallest absolute Gasteiger partial charge is 0.295 e. The fourth-order valence-corrected chi connectivity index (χ4v) is 3.95. The largest absolute Gasteiger partial charge is 0.371 e. The summed E-state index contributed by atoms with van der Waals surface area (Å²) in [5.74, 6) is -0.545. The summed E-state index contributed by atoms with van der Waals surface area (Å²) < 4.78 is 3.14. The van der Waals surface area contributed by atoms with Crippen molar-refractivity contribution in [3.63, 3.8) is 0 Å². The van der Waals surface area contributed by atoms with Crippen LogP contribution in [0.2, 0.25) is 0 Å². The van der Waals surface area contributed by atoms with Crippen LogP contribution in [0.1, 0.15) is 28.9 Å². The summed E-state index contributed by atoms with van der Waals surface area (Å²) >= 11 is 0. The van der Waals surface area contributed by atoms with Gasteiger partial charge < -0.3 is 10.2 Å². The molecule has 0 aliphatic carbocycles. The molecule has 3 aromatic rings. The maximum Gasteiger partial charge on any atom is 0.295 e. The van der Waals surface area contributed by atoms with E-state index in [0.717, 1.165) is 25.9 Å². The lowest BCUT2D eigenvalue weighted by Gasteiger charge is -2.20. The predicted molar refractivity (Wildman–Crippen MR) is 118 cm³/mol. The molecule has 31 heavy (non-hydrogen) atoms. The quantitative estimate of drug-likeness (QED) is 0.503. The number of rotatable bonds is 5. The number of hydrogen-bond acceptors (Lipinski definition) is 5. The summed E-state index contributed by atoms with van der Waals surface area (Å²) in [5, 5.41) is 14.0. The Kier molecular flexibility index (Phi) is 5.33. The van der Waals surface area contributed by atoms with Crippen molar-refractivity contribution in [3.8, 4) is 5.69 Å². The highest BCUT2D eigenvalue weighted by Gasteiger charge is 2.25. The van der Waals surface area contributed by atoms with E-state index in [4.69, 9.17) is 0 Å². The Labute approximate surface area is 178 Å². The van der Waals surface area contributed by atoms with Gasteiger partial charge in [-0.3, -0.25) is 24.4 Å². The number of aromatic nitrogens is 2. The minimum atomic E-state index is -0.545. The first kappa shape index (κ1) is 20.4. The number of nitro groups is 1. The first-order valence-electron chi connectivity index (χ1n) is 10.1. The molecule has 1 N–H and O–H groups in total. The van der Waals surface area contributed by atoms with Crippen LogP contribution in [0.5, 0.6) is 0 Å². The summed E-state index contributed by atoms with van der Waals surface area (Å²) in [6, 6.07) is 13.4. The van der Waals surface area contributed by atoms with Gasteiger partial charge in [0.2, 0.25) is 0 Å². The van der Waals surface area contributed by atoms with E-state index < -0.39 is 10.8 Å². The number of anilines is 2. The number of nitrogens with one attached hydrogen (secondary N) is 1. The second-order valence-electron chi connectivity index (χ2n) is 7.54. The minimum absolute atomic E-state index is 0.148. The summed E-state index contributed by atoms with van der Waals surface area (Å²) in [6.45, 7) is 3.30. The van der Waals surface area contributed by atoms with E-state index in [1.54, 1.807) is 36.9 Å². The highest BCUT2D eigenvalue weighted by Crippen LogP contribution is 2.29. The Bertz CT molecular complexity index is 1210. The summed E-state index contributed by atoms with van der Waals surface area (Å²) in [7, 11) is 1.74. The van der Waals surface area contributed by atoms with Crippen LogP contribution in [0.3, 0.4) is 0 Å². The van der Waals surface area contributed by atoms with E-state index >= 15 is 0 Å². The average molecular weight is 421 g/mol. The van der Waals surface area contributed by atoms with Crippen molar-refractivity contribution >= 4 is 23.0 Å². The van der Waals surface area contributed by atoms with Crippen molar-refractivity contribution < 1.29 is 9.72 Å². The Balaban J connectivity index is 1.75. The van der Waals surface area contributed by atoms with Gasteiger partial charge in [0.05, 0.1) is 27.6 Å². The molecule has 1 aliphatic heterocycles. The van der Waals surface area contributed by atoms with Gasteiger partial charge in [-0.05, 0) is 38.0 Å². The van der Waals surface area contributed by atoms with Crippen LogP contribution in [-0.2, 0) is 7.05 Å². The number of benzene rings is 2. The third-order valence-corrected chi connectivity index (χ3v) is 5.68. The Morgan fingerprint density at radius 3 is 2.42 bits per heavy atom. The van der Waals surface area contributed by atoms with Crippen LogP contribution in [0.15, 0.2) is 53.3 Å². The van der Waals surface area contributed by atoms with E-state index in [0.29, 0.717) is 17.1 Å². The molecule has 160 valence electrons. The van der Waals surface area contributed by atoms with E-state index in [1.165, 1.54) is 16.8 Å². The number of nitro benzene ring substituents is 1. The van der Waals surface area contributed by atoms with Crippen LogP contribution in [0.25, 0.3) is 5.69 Å². The van der Waals surface area contributed by atoms with Gasteiger partial charge in [-0.1, -0.05) is 18.2 Å². The fraction of sp³-hybridized carbons (Fsp3) is 0.273. The fourth-order valence-electron chi connectivity index (χ4n) is 3.95. The van der Waals surface area contributed by atoms with Crippen LogP contribution < -0.4 is 15.8 Å². The molecule has 0 radical (unpaired) electrons. The highest BCUT2D eigenvalue weighted by atomic mass is 16.6. The molecule has 2 aromatic carbocycles. The number of carbonyl (C=O) groups excluding carboxylic acids is 1. The molecule has 0 spiro atoms. The van der Waals surface area contributed by atoms with Gasteiger partial charge >= 0.3 is 0 Å². The van der Waals surface area contributed by atoms with Gasteiger partial charge in [0.25, 0.3) is 17.2 Å². The van der Waals surface area contributed by atoms with E-state index in [-0.39, 0.29) is 22.5 Å². The van der Waals surface area contributed by atoms with Crippen molar-refractivity contribution in [3.05, 3.63) is 80.3 Å². The van der Waals surface area contributed by atoms with Gasteiger partial charge in [-0.2, -0.15) is 0 Å². The predicted octanol–water partition coefficient (Wildman–Crippen LogP) is 3.25. The third kappa shape index (κ3) is 3.70. The minimum Gasteiger partial charge on any atom is -0.371 e. The summed E-state index contributed by atoms with van der Waals surface area (Å²) in [6.07, 6.45) is 2.00. The lowest BCUT2D eigenvalue weighted by Crippen LogP contribution is -2.25. The number of non-ortho nitro benzene ring substituents is 1. The second kappa shape index (κ2) is 8.10. The zero-order valence-electron chi connectivity index (χ0n) is 17.4. The van der Waals surface area contributed by atoms with Gasteiger partial charge in [0, 0.05) is 32.3 Å². The van der Waals surface area contributed by atoms with Gasteiger partial charge in [-0.25, -0.2) is 4.68 Å². The number of hydrogen-bond donors (Lipinski definition) is 1. The van der Waals surface area contributed by atoms with Crippen LogP contribution in [0, 0.1) is 17.0 Å². The molecule has 0 atom stereocenters. The number of nitrogens with zero attached hydrogens (tertiary/aromatic N) is 4. The van der Waals surface area contributed by atoms with E-state index in [2.05, 4.69) is 5.32 Å².